The Balaban J connectivity index is 3.16. The van der Waals surface area contributed by atoms with Gasteiger partial charge in [0.2, 0.25) is 0 Å². The Morgan fingerprint density at radius 1 is 1.35 bits per heavy atom. The van der Waals surface area contributed by atoms with E-state index in [9.17, 15) is 0 Å². The third kappa shape index (κ3) is 3.70. The Bertz CT molecular complexity index is 408. The van der Waals surface area contributed by atoms with Crippen LogP contribution in [0, 0.1) is 0 Å². The van der Waals surface area contributed by atoms with Crippen LogP contribution in [0.15, 0.2) is 18.5 Å². The highest BCUT2D eigenvalue weighted by Crippen LogP contribution is 2.33. The fraction of sp³-hybridized carbons (Fsp3) is 0.688. The summed E-state index contributed by atoms with van der Waals surface area (Å²) in [6.07, 6.45) is 5.85. The van der Waals surface area contributed by atoms with Gasteiger partial charge in [-0.15, -0.1) is 0 Å². The van der Waals surface area contributed by atoms with Crippen LogP contribution in [0.4, 0.5) is 0 Å². The molecule has 0 saturated heterocycles. The zero-order valence-electron chi connectivity index (χ0n) is 13.7. The van der Waals surface area contributed by atoms with Gasteiger partial charge in [-0.3, -0.25) is 4.98 Å². The van der Waals surface area contributed by atoms with Crippen molar-refractivity contribution in [3.8, 4) is 5.75 Å². The summed E-state index contributed by atoms with van der Waals surface area (Å²) in [5, 5.41) is 3.67. The molecule has 4 nitrogen and oxygen atoms in total. The predicted octanol–water partition coefficient (Wildman–Crippen LogP) is 2.86. The van der Waals surface area contributed by atoms with Crippen molar-refractivity contribution in [2.45, 2.75) is 45.2 Å². The van der Waals surface area contributed by atoms with Crippen LogP contribution >= 0.6 is 0 Å². The lowest BCUT2D eigenvalue weighted by atomic mass is 9.84. The fourth-order valence-electron chi connectivity index (χ4n) is 2.47. The lowest BCUT2D eigenvalue weighted by molar-refractivity contribution is 0.112. The lowest BCUT2D eigenvalue weighted by Crippen LogP contribution is -2.51. The summed E-state index contributed by atoms with van der Waals surface area (Å²) in [5.41, 5.74) is 1.21. The molecule has 2 atom stereocenters. The summed E-state index contributed by atoms with van der Waals surface area (Å²) in [6, 6.07) is 2.31. The van der Waals surface area contributed by atoms with E-state index < -0.39 is 0 Å². The van der Waals surface area contributed by atoms with Crippen molar-refractivity contribution in [3.05, 3.63) is 24.0 Å². The summed E-state index contributed by atoms with van der Waals surface area (Å²) in [7, 11) is 5.95. The highest BCUT2D eigenvalue weighted by atomic mass is 16.5. The first-order valence-electron chi connectivity index (χ1n) is 7.39. The number of nitrogens with one attached hydrogen (secondary N) is 1. The molecule has 0 spiro atoms. The molecule has 0 bridgehead atoms. The second-order valence-corrected chi connectivity index (χ2v) is 5.65. The first kappa shape index (κ1) is 16.9. The molecule has 1 heterocycles. The Labute approximate surface area is 123 Å². The number of hydrogen-bond acceptors (Lipinski definition) is 4. The second-order valence-electron chi connectivity index (χ2n) is 5.65. The van der Waals surface area contributed by atoms with Crippen molar-refractivity contribution >= 4 is 0 Å². The normalized spacial score (nSPS) is 15.9. The lowest BCUT2D eigenvalue weighted by Gasteiger charge is -2.43. The molecule has 4 heteroatoms. The van der Waals surface area contributed by atoms with E-state index in [0.717, 1.165) is 25.1 Å². The van der Waals surface area contributed by atoms with E-state index in [2.05, 4.69) is 56.1 Å². The molecule has 0 radical (unpaired) electrons. The molecule has 0 saturated carbocycles. The Kier molecular flexibility index (Phi) is 6.43. The minimum absolute atomic E-state index is 0.0310. The minimum Gasteiger partial charge on any atom is -0.495 e. The van der Waals surface area contributed by atoms with Crippen molar-refractivity contribution in [1.82, 2.24) is 15.2 Å². The highest BCUT2D eigenvalue weighted by molar-refractivity contribution is 5.28. The van der Waals surface area contributed by atoms with Gasteiger partial charge in [0.15, 0.2) is 0 Å². The molecule has 1 aromatic rings. The van der Waals surface area contributed by atoms with Gasteiger partial charge in [0.1, 0.15) is 5.75 Å². The van der Waals surface area contributed by atoms with E-state index in [0.29, 0.717) is 0 Å². The molecule has 1 N–H and O–H groups in total. The molecule has 0 aliphatic heterocycles. The molecule has 0 aromatic carbocycles. The smallest absolute Gasteiger partial charge is 0.137 e. The van der Waals surface area contributed by atoms with Gasteiger partial charge >= 0.3 is 0 Å². The van der Waals surface area contributed by atoms with Crippen LogP contribution in [-0.4, -0.2) is 43.2 Å². The molecule has 1 rings (SSSR count). The number of nitrogens with zero attached hydrogens (tertiary/aromatic N) is 2. The largest absolute Gasteiger partial charge is 0.495 e. The van der Waals surface area contributed by atoms with Gasteiger partial charge < -0.3 is 15.0 Å². The van der Waals surface area contributed by atoms with Crippen LogP contribution in [-0.2, 0) is 0 Å². The topological polar surface area (TPSA) is 37.4 Å². The number of rotatable bonds is 8. The minimum atomic E-state index is 0.0310. The third-order valence-corrected chi connectivity index (χ3v) is 4.26. The van der Waals surface area contributed by atoms with Crippen molar-refractivity contribution in [2.75, 3.05) is 27.7 Å². The Hall–Kier alpha value is -1.13. The van der Waals surface area contributed by atoms with E-state index in [-0.39, 0.29) is 11.6 Å². The number of likely N-dealkylation sites (N-methyl/N-ethyl adjacent to an activating group) is 1. The molecule has 20 heavy (non-hydrogen) atoms. The van der Waals surface area contributed by atoms with Gasteiger partial charge in [0.05, 0.1) is 19.3 Å². The molecule has 0 aliphatic rings. The monoisotopic (exact) mass is 279 g/mol. The molecule has 0 aliphatic carbocycles. The summed E-state index contributed by atoms with van der Waals surface area (Å²) in [4.78, 5) is 6.60. The van der Waals surface area contributed by atoms with Gasteiger partial charge in [-0.25, -0.2) is 0 Å². The van der Waals surface area contributed by atoms with Crippen LogP contribution in [0.1, 0.15) is 45.2 Å². The maximum absolute atomic E-state index is 5.31. The van der Waals surface area contributed by atoms with Crippen molar-refractivity contribution in [3.63, 3.8) is 0 Å². The fourth-order valence-corrected chi connectivity index (χ4v) is 2.47. The number of hydrogen-bond donors (Lipinski definition) is 1. The van der Waals surface area contributed by atoms with Crippen LogP contribution in [0.5, 0.6) is 5.75 Å². The molecule has 2 unspecified atom stereocenters. The number of aromatic nitrogens is 1. The number of pyridine rings is 1. The maximum atomic E-state index is 5.31. The molecule has 114 valence electrons. The van der Waals surface area contributed by atoms with Crippen LogP contribution in [0.3, 0.4) is 0 Å². The average Bonchev–Trinajstić information content (AvgIpc) is 2.47. The van der Waals surface area contributed by atoms with Gasteiger partial charge in [-0.1, -0.05) is 13.8 Å². The van der Waals surface area contributed by atoms with Crippen LogP contribution in [0.2, 0.25) is 0 Å². The standard InChI is InChI=1S/C16H29N3O/c1-7-9-18-15(16(3,8-2)19(4)5)13-10-14(20-6)12-17-11-13/h10-12,15,18H,7-9H2,1-6H3. The first-order valence-corrected chi connectivity index (χ1v) is 7.39. The number of methoxy groups -OCH3 is 1. The summed E-state index contributed by atoms with van der Waals surface area (Å²) < 4.78 is 5.31. The van der Waals surface area contributed by atoms with Gasteiger partial charge in [-0.05, 0) is 52.0 Å². The van der Waals surface area contributed by atoms with Gasteiger partial charge in [-0.2, -0.15) is 0 Å². The molecule has 1 aromatic heterocycles. The van der Waals surface area contributed by atoms with E-state index in [4.69, 9.17) is 4.74 Å². The van der Waals surface area contributed by atoms with E-state index in [1.807, 2.05) is 6.20 Å². The van der Waals surface area contributed by atoms with Crippen molar-refractivity contribution < 1.29 is 4.74 Å². The zero-order chi connectivity index (χ0) is 15.2. The molecule has 0 fully saturated rings. The van der Waals surface area contributed by atoms with Gasteiger partial charge in [0.25, 0.3) is 0 Å². The highest BCUT2D eigenvalue weighted by Gasteiger charge is 2.35. The molecule has 0 amide bonds. The van der Waals surface area contributed by atoms with Gasteiger partial charge in [0, 0.05) is 11.7 Å². The number of ether oxygens (including phenoxy) is 1. The van der Waals surface area contributed by atoms with Crippen molar-refractivity contribution in [1.29, 1.82) is 0 Å². The van der Waals surface area contributed by atoms with Crippen LogP contribution < -0.4 is 10.1 Å². The Morgan fingerprint density at radius 3 is 2.55 bits per heavy atom. The Morgan fingerprint density at radius 2 is 2.05 bits per heavy atom. The van der Waals surface area contributed by atoms with Crippen LogP contribution in [0.25, 0.3) is 0 Å². The summed E-state index contributed by atoms with van der Waals surface area (Å²) in [6.45, 7) is 7.70. The van der Waals surface area contributed by atoms with E-state index in [1.54, 1.807) is 13.3 Å². The SMILES string of the molecule is CCCNC(c1cncc(OC)c1)C(C)(CC)N(C)C. The molecular weight excluding hydrogens is 250 g/mol. The van der Waals surface area contributed by atoms with E-state index in [1.165, 1.54) is 5.56 Å². The molecular formula is C16H29N3O. The predicted molar refractivity (Wildman–Crippen MR) is 84.2 cm³/mol. The summed E-state index contributed by atoms with van der Waals surface area (Å²) in [5.74, 6) is 0.808. The average molecular weight is 279 g/mol. The quantitative estimate of drug-likeness (QED) is 0.794. The third-order valence-electron chi connectivity index (χ3n) is 4.26. The second kappa shape index (κ2) is 7.60. The first-order chi connectivity index (χ1) is 9.49. The summed E-state index contributed by atoms with van der Waals surface area (Å²) >= 11 is 0. The van der Waals surface area contributed by atoms with Crippen molar-refractivity contribution in [2.24, 2.45) is 0 Å². The maximum Gasteiger partial charge on any atom is 0.137 e. The zero-order valence-corrected chi connectivity index (χ0v) is 13.7. The van der Waals surface area contributed by atoms with E-state index >= 15 is 0 Å².